The van der Waals surface area contributed by atoms with E-state index in [1.54, 1.807) is 7.11 Å². The highest BCUT2D eigenvalue weighted by molar-refractivity contribution is 6.09. The van der Waals surface area contributed by atoms with Crippen LogP contribution in [0.2, 0.25) is 0 Å². The summed E-state index contributed by atoms with van der Waals surface area (Å²) in [5.74, 6) is 0.877. The number of rotatable bonds is 5. The number of nitrogens with zero attached hydrogens (tertiary/aromatic N) is 1. The average molecular weight is 333 g/mol. The van der Waals surface area contributed by atoms with E-state index < -0.39 is 0 Å². The summed E-state index contributed by atoms with van der Waals surface area (Å²) >= 11 is 0. The number of hydrogen-bond acceptors (Lipinski definition) is 2. The van der Waals surface area contributed by atoms with Crippen LogP contribution in [-0.2, 0) is 0 Å². The molecule has 0 saturated heterocycles. The lowest BCUT2D eigenvalue weighted by molar-refractivity contribution is 0.0774. The number of carbonyl (C=O) groups is 1. The van der Waals surface area contributed by atoms with E-state index in [1.807, 2.05) is 67.3 Å². The van der Waals surface area contributed by atoms with Crippen LogP contribution < -0.4 is 4.74 Å². The second kappa shape index (κ2) is 7.39. The Bertz CT molecular complexity index is 880. The highest BCUT2D eigenvalue weighted by Gasteiger charge is 2.19. The van der Waals surface area contributed by atoms with Gasteiger partial charge in [-0.3, -0.25) is 4.79 Å². The van der Waals surface area contributed by atoms with E-state index in [2.05, 4.69) is 12.1 Å². The van der Waals surface area contributed by atoms with Crippen molar-refractivity contribution in [3.8, 4) is 16.9 Å². The molecule has 3 aromatic carbocycles. The monoisotopic (exact) mass is 333 g/mol. The fourth-order valence-corrected chi connectivity index (χ4v) is 3.20. The third-order valence-corrected chi connectivity index (χ3v) is 4.59. The molecule has 3 heteroatoms. The van der Waals surface area contributed by atoms with Gasteiger partial charge in [-0.25, -0.2) is 0 Å². The van der Waals surface area contributed by atoms with Crippen molar-refractivity contribution in [3.05, 3.63) is 66.2 Å². The molecule has 0 unspecified atom stereocenters. The van der Waals surface area contributed by atoms with Crippen molar-refractivity contribution >= 4 is 16.7 Å². The summed E-state index contributed by atoms with van der Waals surface area (Å²) in [5.41, 5.74) is 2.75. The summed E-state index contributed by atoms with van der Waals surface area (Å²) in [6.07, 6.45) is 0. The number of ether oxygens (including phenoxy) is 1. The van der Waals surface area contributed by atoms with Crippen LogP contribution in [0.4, 0.5) is 0 Å². The van der Waals surface area contributed by atoms with Crippen molar-refractivity contribution < 1.29 is 9.53 Å². The third kappa shape index (κ3) is 3.22. The largest absolute Gasteiger partial charge is 0.497 e. The van der Waals surface area contributed by atoms with E-state index in [0.29, 0.717) is 13.1 Å². The Labute approximate surface area is 148 Å². The molecule has 0 bridgehead atoms. The molecule has 128 valence electrons. The fourth-order valence-electron chi connectivity index (χ4n) is 3.20. The maximum absolute atomic E-state index is 13.1. The van der Waals surface area contributed by atoms with E-state index in [4.69, 9.17) is 4.74 Å². The van der Waals surface area contributed by atoms with Gasteiger partial charge >= 0.3 is 0 Å². The number of amides is 1. The van der Waals surface area contributed by atoms with Crippen molar-refractivity contribution in [2.75, 3.05) is 20.2 Å². The highest BCUT2D eigenvalue weighted by Crippen LogP contribution is 2.34. The van der Waals surface area contributed by atoms with Gasteiger partial charge in [0.2, 0.25) is 0 Å². The molecule has 0 N–H and O–H groups in total. The molecule has 0 aliphatic rings. The predicted octanol–water partition coefficient (Wildman–Crippen LogP) is 5.00. The van der Waals surface area contributed by atoms with Gasteiger partial charge in [0.15, 0.2) is 0 Å². The Morgan fingerprint density at radius 1 is 0.920 bits per heavy atom. The summed E-state index contributed by atoms with van der Waals surface area (Å²) in [6, 6.07) is 20.1. The molecule has 0 aliphatic heterocycles. The number of hydrogen-bond donors (Lipinski definition) is 0. The first-order valence-corrected chi connectivity index (χ1v) is 8.65. The lowest BCUT2D eigenvalue weighted by Crippen LogP contribution is -2.30. The number of fused-ring (bicyclic) bond motifs is 1. The van der Waals surface area contributed by atoms with Crippen LogP contribution in [0.25, 0.3) is 21.9 Å². The Hall–Kier alpha value is -2.81. The van der Waals surface area contributed by atoms with E-state index in [1.165, 1.54) is 0 Å². The molecule has 1 amide bonds. The second-order valence-electron chi connectivity index (χ2n) is 5.92. The zero-order valence-electron chi connectivity index (χ0n) is 15.0. The third-order valence-electron chi connectivity index (χ3n) is 4.59. The van der Waals surface area contributed by atoms with Gasteiger partial charge in [-0.2, -0.15) is 0 Å². The first-order chi connectivity index (χ1) is 12.2. The summed E-state index contributed by atoms with van der Waals surface area (Å²) < 4.78 is 5.27. The molecular formula is C22H23NO2. The standard InChI is InChI=1S/C22H23NO2/c1-4-23(5-2)22(24)20-15-12-16-8-6-7-9-19(16)21(20)17-10-13-18(25-3)14-11-17/h6-15H,4-5H2,1-3H3. The normalized spacial score (nSPS) is 10.7. The molecule has 3 nitrogen and oxygen atoms in total. The van der Waals surface area contributed by atoms with Crippen LogP contribution in [0.1, 0.15) is 24.2 Å². The molecular weight excluding hydrogens is 310 g/mol. The number of carbonyl (C=O) groups excluding carboxylic acids is 1. The number of methoxy groups -OCH3 is 1. The first kappa shape index (κ1) is 17.0. The minimum absolute atomic E-state index is 0.0709. The molecule has 0 heterocycles. The lowest BCUT2D eigenvalue weighted by atomic mass is 9.92. The maximum Gasteiger partial charge on any atom is 0.254 e. The van der Waals surface area contributed by atoms with Gasteiger partial charge in [0, 0.05) is 24.2 Å². The predicted molar refractivity (Wildman–Crippen MR) is 103 cm³/mol. The van der Waals surface area contributed by atoms with Gasteiger partial charge in [0.1, 0.15) is 5.75 Å². The SMILES string of the molecule is CCN(CC)C(=O)c1ccc2ccccc2c1-c1ccc(OC)cc1. The van der Waals surface area contributed by atoms with Gasteiger partial charge in [-0.1, -0.05) is 42.5 Å². The van der Waals surface area contributed by atoms with Crippen molar-refractivity contribution in [2.24, 2.45) is 0 Å². The van der Waals surface area contributed by atoms with Gasteiger partial charge in [-0.15, -0.1) is 0 Å². The number of benzene rings is 3. The summed E-state index contributed by atoms with van der Waals surface area (Å²) in [7, 11) is 1.66. The Morgan fingerprint density at radius 3 is 2.24 bits per heavy atom. The molecule has 25 heavy (non-hydrogen) atoms. The zero-order chi connectivity index (χ0) is 17.8. The molecule has 0 aromatic heterocycles. The minimum Gasteiger partial charge on any atom is -0.497 e. The summed E-state index contributed by atoms with van der Waals surface area (Å²) in [6.45, 7) is 5.42. The van der Waals surface area contributed by atoms with E-state index in [9.17, 15) is 4.79 Å². The average Bonchev–Trinajstić information content (AvgIpc) is 2.68. The van der Waals surface area contributed by atoms with E-state index >= 15 is 0 Å². The van der Waals surface area contributed by atoms with E-state index in [0.717, 1.165) is 33.2 Å². The molecule has 0 spiro atoms. The quantitative estimate of drug-likeness (QED) is 0.658. The fraction of sp³-hybridized carbons (Fsp3) is 0.227. The van der Waals surface area contributed by atoms with Gasteiger partial charge in [0.25, 0.3) is 5.91 Å². The smallest absolute Gasteiger partial charge is 0.254 e. The molecule has 0 saturated carbocycles. The Kier molecular flexibility index (Phi) is 5.03. The van der Waals surface area contributed by atoms with Gasteiger partial charge in [-0.05, 0) is 48.4 Å². The Balaban J connectivity index is 2.24. The summed E-state index contributed by atoms with van der Waals surface area (Å²) in [4.78, 5) is 14.9. The zero-order valence-corrected chi connectivity index (χ0v) is 15.0. The van der Waals surface area contributed by atoms with Crippen LogP contribution in [-0.4, -0.2) is 31.0 Å². The van der Waals surface area contributed by atoms with Gasteiger partial charge < -0.3 is 9.64 Å². The first-order valence-electron chi connectivity index (χ1n) is 8.65. The minimum atomic E-state index is 0.0709. The van der Waals surface area contributed by atoms with Crippen molar-refractivity contribution in [3.63, 3.8) is 0 Å². The van der Waals surface area contributed by atoms with Crippen molar-refractivity contribution in [1.82, 2.24) is 4.90 Å². The van der Waals surface area contributed by atoms with Crippen LogP contribution in [0, 0.1) is 0 Å². The molecule has 3 rings (SSSR count). The second-order valence-corrected chi connectivity index (χ2v) is 5.92. The van der Waals surface area contributed by atoms with Crippen molar-refractivity contribution in [1.29, 1.82) is 0 Å². The lowest BCUT2D eigenvalue weighted by Gasteiger charge is -2.21. The topological polar surface area (TPSA) is 29.5 Å². The molecule has 0 fully saturated rings. The van der Waals surface area contributed by atoms with Crippen LogP contribution in [0.5, 0.6) is 5.75 Å². The molecule has 0 atom stereocenters. The van der Waals surface area contributed by atoms with E-state index in [-0.39, 0.29) is 5.91 Å². The summed E-state index contributed by atoms with van der Waals surface area (Å²) in [5, 5.41) is 2.22. The Morgan fingerprint density at radius 2 is 1.60 bits per heavy atom. The molecule has 3 aromatic rings. The van der Waals surface area contributed by atoms with Crippen LogP contribution in [0.3, 0.4) is 0 Å². The van der Waals surface area contributed by atoms with Crippen LogP contribution in [0.15, 0.2) is 60.7 Å². The van der Waals surface area contributed by atoms with Gasteiger partial charge in [0.05, 0.1) is 7.11 Å². The van der Waals surface area contributed by atoms with Crippen LogP contribution >= 0.6 is 0 Å². The molecule has 0 aliphatic carbocycles. The molecule has 0 radical (unpaired) electrons. The maximum atomic E-state index is 13.1. The highest BCUT2D eigenvalue weighted by atomic mass is 16.5. The van der Waals surface area contributed by atoms with Crippen molar-refractivity contribution in [2.45, 2.75) is 13.8 Å².